The lowest BCUT2D eigenvalue weighted by Gasteiger charge is -2.38. The van der Waals surface area contributed by atoms with E-state index in [1.807, 2.05) is 0 Å². The van der Waals surface area contributed by atoms with Crippen molar-refractivity contribution >= 4 is 23.2 Å². The van der Waals surface area contributed by atoms with Gasteiger partial charge in [-0.3, -0.25) is 9.78 Å². The smallest absolute Gasteiger partial charge is 0.269 e. The summed E-state index contributed by atoms with van der Waals surface area (Å²) in [5, 5.41) is 7.89. The number of nitrogens with zero attached hydrogens (tertiary/aromatic N) is 2. The highest BCUT2D eigenvalue weighted by Crippen LogP contribution is 2.36. The second kappa shape index (κ2) is 8.19. The second-order valence-electron chi connectivity index (χ2n) is 6.77. The van der Waals surface area contributed by atoms with E-state index in [2.05, 4.69) is 25.9 Å². The van der Waals surface area contributed by atoms with Gasteiger partial charge in [0.2, 0.25) is 0 Å². The van der Waals surface area contributed by atoms with Crippen LogP contribution in [0.2, 0.25) is 0 Å². The molecule has 0 unspecified atom stereocenters. The fourth-order valence-corrected chi connectivity index (χ4v) is 3.33. The van der Waals surface area contributed by atoms with Crippen LogP contribution >= 0.6 is 0 Å². The van der Waals surface area contributed by atoms with Crippen molar-refractivity contribution in [3.63, 3.8) is 0 Å². The summed E-state index contributed by atoms with van der Waals surface area (Å²) in [5.41, 5.74) is 5.06. The van der Waals surface area contributed by atoms with Crippen LogP contribution in [0.15, 0.2) is 24.5 Å². The summed E-state index contributed by atoms with van der Waals surface area (Å²) in [6.45, 7) is 0. The lowest BCUT2D eigenvalue weighted by molar-refractivity contribution is -0.0550. The number of alkyl halides is 2. The molecule has 11 heteroatoms. The Morgan fingerprint density at radius 3 is 2.66 bits per heavy atom. The van der Waals surface area contributed by atoms with Gasteiger partial charge in [-0.15, -0.1) is 0 Å². The third kappa shape index (κ3) is 4.56. The molecule has 156 valence electrons. The number of hydrogen-bond acceptors (Lipinski definition) is 6. The van der Waals surface area contributed by atoms with E-state index in [1.54, 1.807) is 7.05 Å². The van der Waals surface area contributed by atoms with Crippen LogP contribution in [0.4, 0.5) is 34.9 Å². The molecule has 0 bridgehead atoms. The molecule has 2 aromatic heterocycles. The number of pyridine rings is 2. The van der Waals surface area contributed by atoms with Gasteiger partial charge in [0.05, 0.1) is 23.6 Å². The molecule has 3 rings (SSSR count). The number of hydrogen-bond donors (Lipinski definition) is 4. The summed E-state index contributed by atoms with van der Waals surface area (Å²) < 4.78 is 56.8. The molecule has 7 nitrogen and oxygen atoms in total. The number of primary amides is 1. The lowest BCUT2D eigenvalue weighted by atomic mass is 9.87. The number of aromatic nitrogens is 2. The minimum atomic E-state index is -3.09. The van der Waals surface area contributed by atoms with E-state index in [0.717, 1.165) is 18.3 Å². The van der Waals surface area contributed by atoms with Gasteiger partial charge >= 0.3 is 0 Å². The molecule has 5 N–H and O–H groups in total. The quantitative estimate of drug-likeness (QED) is 0.544. The normalized spacial score (nSPS) is 20.9. The van der Waals surface area contributed by atoms with Gasteiger partial charge in [0.15, 0.2) is 11.6 Å². The van der Waals surface area contributed by atoms with E-state index in [4.69, 9.17) is 5.73 Å². The first kappa shape index (κ1) is 20.8. The minimum Gasteiger partial charge on any atom is -0.365 e. The second-order valence-corrected chi connectivity index (χ2v) is 6.77. The number of nitrogens with two attached hydrogens (primary N) is 1. The fourth-order valence-electron chi connectivity index (χ4n) is 3.33. The van der Waals surface area contributed by atoms with Crippen molar-refractivity contribution in [3.8, 4) is 0 Å². The van der Waals surface area contributed by atoms with E-state index in [9.17, 15) is 22.4 Å². The Hall–Kier alpha value is -2.95. The largest absolute Gasteiger partial charge is 0.365 e. The molecular weight excluding hydrogens is 392 g/mol. The molecule has 1 saturated carbocycles. The first-order valence-corrected chi connectivity index (χ1v) is 8.91. The molecule has 2 aromatic rings. The van der Waals surface area contributed by atoms with E-state index in [0.29, 0.717) is 12.8 Å². The number of carbonyl (C=O) groups excluding carboxylic acids is 1. The number of amides is 1. The van der Waals surface area contributed by atoms with Gasteiger partial charge in [-0.2, -0.15) is 0 Å². The predicted octanol–water partition coefficient (Wildman–Crippen LogP) is 2.79. The number of anilines is 3. The number of rotatable bonds is 6. The molecule has 1 fully saturated rings. The summed E-state index contributed by atoms with van der Waals surface area (Å²) in [5.74, 6) is -6.45. The van der Waals surface area contributed by atoms with Crippen LogP contribution in [0.1, 0.15) is 29.6 Å². The molecule has 2 atom stereocenters. The molecule has 29 heavy (non-hydrogen) atoms. The SMILES string of the molecule is CN[C@H]1CCCC(F)(F)[C@H]1Nc1nc(Nc2cncc(F)c2)c(C(N)=O)cc1F. The molecule has 1 amide bonds. The minimum absolute atomic E-state index is 0.119. The highest BCUT2D eigenvalue weighted by Gasteiger charge is 2.47. The van der Waals surface area contributed by atoms with Crippen LogP contribution in [0.5, 0.6) is 0 Å². The fraction of sp³-hybridized carbons (Fsp3) is 0.389. The van der Waals surface area contributed by atoms with E-state index < -0.39 is 41.4 Å². The van der Waals surface area contributed by atoms with Crippen molar-refractivity contribution in [1.82, 2.24) is 15.3 Å². The van der Waals surface area contributed by atoms with E-state index >= 15 is 0 Å². The third-order valence-electron chi connectivity index (χ3n) is 4.75. The van der Waals surface area contributed by atoms with Gasteiger partial charge in [-0.1, -0.05) is 0 Å². The van der Waals surface area contributed by atoms with Crippen molar-refractivity contribution in [2.75, 3.05) is 17.7 Å². The summed E-state index contributed by atoms with van der Waals surface area (Å²) in [6.07, 6.45) is 2.67. The van der Waals surface area contributed by atoms with Crippen LogP contribution in [0.25, 0.3) is 0 Å². The Labute approximate surface area is 164 Å². The maximum atomic E-state index is 14.5. The van der Waals surface area contributed by atoms with Gasteiger partial charge < -0.3 is 21.7 Å². The topological polar surface area (TPSA) is 105 Å². The van der Waals surface area contributed by atoms with Crippen molar-refractivity contribution in [3.05, 3.63) is 41.7 Å². The molecule has 0 spiro atoms. The van der Waals surface area contributed by atoms with Gasteiger partial charge in [-0.25, -0.2) is 22.5 Å². The molecule has 1 aliphatic carbocycles. The van der Waals surface area contributed by atoms with Gasteiger partial charge in [0, 0.05) is 18.5 Å². The zero-order valence-electron chi connectivity index (χ0n) is 15.5. The third-order valence-corrected chi connectivity index (χ3v) is 4.75. The summed E-state index contributed by atoms with van der Waals surface area (Å²) in [4.78, 5) is 19.3. The van der Waals surface area contributed by atoms with Gasteiger partial charge in [-0.05, 0) is 26.0 Å². The van der Waals surface area contributed by atoms with Crippen molar-refractivity contribution < 1.29 is 22.4 Å². The molecular formula is C18H20F4N6O. The Bertz CT molecular complexity index is 910. The zero-order chi connectivity index (χ0) is 21.2. The molecule has 0 aromatic carbocycles. The molecule has 0 aliphatic heterocycles. The molecule has 0 saturated heterocycles. The van der Waals surface area contributed by atoms with Crippen LogP contribution < -0.4 is 21.7 Å². The molecule has 2 heterocycles. The Morgan fingerprint density at radius 2 is 2.00 bits per heavy atom. The van der Waals surface area contributed by atoms with Crippen LogP contribution in [0, 0.1) is 11.6 Å². The number of likely N-dealkylation sites (N-methyl/N-ethyl adjacent to an activating group) is 1. The highest BCUT2D eigenvalue weighted by atomic mass is 19.3. The first-order chi connectivity index (χ1) is 13.7. The summed E-state index contributed by atoms with van der Waals surface area (Å²) in [7, 11) is 1.55. The summed E-state index contributed by atoms with van der Waals surface area (Å²) >= 11 is 0. The van der Waals surface area contributed by atoms with Crippen LogP contribution in [0.3, 0.4) is 0 Å². The van der Waals surface area contributed by atoms with Crippen molar-refractivity contribution in [2.45, 2.75) is 37.3 Å². The molecule has 1 aliphatic rings. The average molecular weight is 412 g/mol. The maximum Gasteiger partial charge on any atom is 0.269 e. The Kier molecular flexibility index (Phi) is 5.87. The van der Waals surface area contributed by atoms with Gasteiger partial charge in [0.25, 0.3) is 11.8 Å². The Balaban J connectivity index is 1.97. The lowest BCUT2D eigenvalue weighted by Crippen LogP contribution is -2.56. The van der Waals surface area contributed by atoms with Crippen molar-refractivity contribution in [1.29, 1.82) is 0 Å². The number of carbonyl (C=O) groups is 1. The average Bonchev–Trinajstić information content (AvgIpc) is 2.65. The van der Waals surface area contributed by atoms with Crippen molar-refractivity contribution in [2.24, 2.45) is 5.73 Å². The Morgan fingerprint density at radius 1 is 1.24 bits per heavy atom. The monoisotopic (exact) mass is 412 g/mol. The first-order valence-electron chi connectivity index (χ1n) is 8.91. The number of halogens is 4. The maximum absolute atomic E-state index is 14.5. The predicted molar refractivity (Wildman–Crippen MR) is 99.2 cm³/mol. The highest BCUT2D eigenvalue weighted by molar-refractivity contribution is 5.98. The summed E-state index contributed by atoms with van der Waals surface area (Å²) in [6, 6.07) is -0.157. The standard InChI is InChI=1S/C18H20F4N6O/c1-24-13-3-2-4-18(21,22)14(13)27-17-12(20)6-11(15(23)29)16(28-17)26-10-5-9(19)7-25-8-10/h5-8,13-14,24H,2-4H2,1H3,(H2,23,29)(H2,26,27,28)/t13-,14-/m0/s1. The number of nitrogens with one attached hydrogen (secondary N) is 3. The van der Waals surface area contributed by atoms with E-state index in [1.165, 1.54) is 6.20 Å². The van der Waals surface area contributed by atoms with Crippen LogP contribution in [-0.2, 0) is 0 Å². The van der Waals surface area contributed by atoms with Crippen LogP contribution in [-0.4, -0.2) is 40.9 Å². The molecule has 0 radical (unpaired) electrons. The van der Waals surface area contributed by atoms with E-state index in [-0.39, 0.29) is 23.5 Å². The zero-order valence-corrected chi connectivity index (χ0v) is 15.5. The van der Waals surface area contributed by atoms with Gasteiger partial charge in [0.1, 0.15) is 17.7 Å².